The standard InChI is InChI=1S/C68H131NO5/c1-3-5-7-9-11-13-15-17-18-19-32-35-38-42-46-50-54-58-62-68(73)74-63-59-55-51-47-43-39-36-33-30-28-26-24-22-20-21-23-25-27-29-31-34-37-41-45-49-53-57-61-67(72)69-65(64-70)66(71)60-56-52-48-44-40-16-14-12-10-8-6-4-2/h13,15,18-19,65-66,70-71H,3-12,14,16-17,20-64H2,1-2H3,(H,69,72)/b15-13-,19-18-. The fraction of sp³-hybridized carbons (Fsp3) is 0.912. The Morgan fingerprint density at radius 3 is 1.04 bits per heavy atom. The van der Waals surface area contributed by atoms with Gasteiger partial charge in [-0.2, -0.15) is 0 Å². The van der Waals surface area contributed by atoms with Crippen LogP contribution in [0.15, 0.2) is 24.3 Å². The van der Waals surface area contributed by atoms with E-state index in [1.807, 2.05) is 0 Å². The fourth-order valence-electron chi connectivity index (χ4n) is 10.6. The summed E-state index contributed by atoms with van der Waals surface area (Å²) < 4.78 is 5.50. The van der Waals surface area contributed by atoms with Crippen LogP contribution in [0.2, 0.25) is 0 Å². The number of allylic oxidation sites excluding steroid dienone is 4. The number of esters is 1. The van der Waals surface area contributed by atoms with E-state index in [4.69, 9.17) is 4.74 Å². The number of aliphatic hydroxyl groups excluding tert-OH is 2. The van der Waals surface area contributed by atoms with E-state index in [0.717, 1.165) is 51.4 Å². The summed E-state index contributed by atoms with van der Waals surface area (Å²) in [6, 6.07) is -0.538. The lowest BCUT2D eigenvalue weighted by Crippen LogP contribution is -2.45. The van der Waals surface area contributed by atoms with Crippen molar-refractivity contribution in [2.45, 2.75) is 386 Å². The molecule has 0 saturated heterocycles. The van der Waals surface area contributed by atoms with Gasteiger partial charge < -0.3 is 20.3 Å². The van der Waals surface area contributed by atoms with Crippen molar-refractivity contribution < 1.29 is 24.5 Å². The lowest BCUT2D eigenvalue weighted by molar-refractivity contribution is -0.143. The largest absolute Gasteiger partial charge is 0.466 e. The third kappa shape index (κ3) is 59.6. The second-order valence-electron chi connectivity index (χ2n) is 23.2. The van der Waals surface area contributed by atoms with Gasteiger partial charge in [0.25, 0.3) is 0 Å². The van der Waals surface area contributed by atoms with E-state index in [-0.39, 0.29) is 18.5 Å². The van der Waals surface area contributed by atoms with Crippen LogP contribution < -0.4 is 5.32 Å². The van der Waals surface area contributed by atoms with E-state index in [2.05, 4.69) is 43.5 Å². The fourth-order valence-corrected chi connectivity index (χ4v) is 10.6. The molecule has 0 aliphatic rings. The quantitative estimate of drug-likeness (QED) is 0.0320. The van der Waals surface area contributed by atoms with Gasteiger partial charge in [-0.25, -0.2) is 0 Å². The number of carbonyl (C=O) groups is 2. The normalized spacial score (nSPS) is 12.6. The highest BCUT2D eigenvalue weighted by atomic mass is 16.5. The molecule has 2 atom stereocenters. The monoisotopic (exact) mass is 1040 g/mol. The van der Waals surface area contributed by atoms with Crippen molar-refractivity contribution >= 4 is 11.9 Å². The van der Waals surface area contributed by atoms with Gasteiger partial charge >= 0.3 is 5.97 Å². The van der Waals surface area contributed by atoms with Gasteiger partial charge in [-0.1, -0.05) is 327 Å². The van der Waals surface area contributed by atoms with E-state index in [1.54, 1.807) is 0 Å². The molecule has 74 heavy (non-hydrogen) atoms. The van der Waals surface area contributed by atoms with Crippen molar-refractivity contribution in [2.24, 2.45) is 0 Å². The van der Waals surface area contributed by atoms with Gasteiger partial charge in [-0.3, -0.25) is 9.59 Å². The van der Waals surface area contributed by atoms with Crippen LogP contribution >= 0.6 is 0 Å². The number of hydrogen-bond donors (Lipinski definition) is 3. The number of ether oxygens (including phenoxy) is 1. The first-order chi connectivity index (χ1) is 36.5. The molecular weight excluding hydrogens is 911 g/mol. The smallest absolute Gasteiger partial charge is 0.305 e. The van der Waals surface area contributed by atoms with Gasteiger partial charge in [-0.15, -0.1) is 0 Å². The molecule has 2 unspecified atom stereocenters. The minimum absolute atomic E-state index is 0.0112. The van der Waals surface area contributed by atoms with E-state index >= 15 is 0 Å². The van der Waals surface area contributed by atoms with E-state index in [9.17, 15) is 19.8 Å². The molecule has 0 aromatic carbocycles. The molecule has 0 aliphatic heterocycles. The van der Waals surface area contributed by atoms with Crippen molar-refractivity contribution in [3.05, 3.63) is 24.3 Å². The van der Waals surface area contributed by atoms with Crippen LogP contribution in [-0.4, -0.2) is 47.4 Å². The Kier molecular flexibility index (Phi) is 62.4. The number of unbranched alkanes of at least 4 members (excludes halogenated alkanes) is 48. The summed E-state index contributed by atoms with van der Waals surface area (Å²) in [6.45, 7) is 4.95. The molecule has 0 radical (unpaired) electrons. The van der Waals surface area contributed by atoms with E-state index < -0.39 is 12.1 Å². The van der Waals surface area contributed by atoms with Crippen LogP contribution in [0.4, 0.5) is 0 Å². The number of aliphatic hydroxyl groups is 2. The van der Waals surface area contributed by atoms with Crippen molar-refractivity contribution in [2.75, 3.05) is 13.2 Å². The molecule has 0 spiro atoms. The van der Waals surface area contributed by atoms with Crippen molar-refractivity contribution in [1.82, 2.24) is 5.32 Å². The SMILES string of the molecule is CCCCCC/C=C\C/C=C\CCCCCCCCCC(=O)OCCCCCCCCCCCCCCCCCCCCCCCCCCCCCC(=O)NC(CO)C(O)CCCCCCCCCCCCCC. The molecule has 0 aliphatic carbocycles. The zero-order chi connectivity index (χ0) is 53.6. The third-order valence-electron chi connectivity index (χ3n) is 15.8. The molecule has 3 N–H and O–H groups in total. The third-order valence-corrected chi connectivity index (χ3v) is 15.8. The van der Waals surface area contributed by atoms with Crippen molar-refractivity contribution in [3.63, 3.8) is 0 Å². The first-order valence-electron chi connectivity index (χ1n) is 33.6. The zero-order valence-corrected chi connectivity index (χ0v) is 50.1. The molecule has 0 saturated carbocycles. The van der Waals surface area contributed by atoms with Gasteiger partial charge in [0.2, 0.25) is 5.91 Å². The summed E-state index contributed by atoms with van der Waals surface area (Å²) in [7, 11) is 0. The van der Waals surface area contributed by atoms with Crippen molar-refractivity contribution in [3.8, 4) is 0 Å². The minimum atomic E-state index is -0.661. The number of amides is 1. The molecule has 0 bridgehead atoms. The highest BCUT2D eigenvalue weighted by Crippen LogP contribution is 2.19. The Labute approximate surface area is 462 Å². The topological polar surface area (TPSA) is 95.9 Å². The van der Waals surface area contributed by atoms with Crippen LogP contribution in [0.3, 0.4) is 0 Å². The first-order valence-corrected chi connectivity index (χ1v) is 33.6. The predicted molar refractivity (Wildman–Crippen MR) is 324 cm³/mol. The van der Waals surface area contributed by atoms with Crippen LogP contribution in [0.1, 0.15) is 373 Å². The maximum Gasteiger partial charge on any atom is 0.305 e. The van der Waals surface area contributed by atoms with Gasteiger partial charge in [0.1, 0.15) is 0 Å². The molecule has 0 rings (SSSR count). The Bertz CT molecular complexity index is 1150. The van der Waals surface area contributed by atoms with Crippen LogP contribution in [0.25, 0.3) is 0 Å². The highest BCUT2D eigenvalue weighted by Gasteiger charge is 2.20. The number of rotatable bonds is 63. The zero-order valence-electron chi connectivity index (χ0n) is 50.1. The highest BCUT2D eigenvalue weighted by molar-refractivity contribution is 5.76. The molecule has 6 heteroatoms. The molecule has 438 valence electrons. The molecular formula is C68H131NO5. The first kappa shape index (κ1) is 72.3. The summed E-state index contributed by atoms with van der Waals surface area (Å²) in [5.41, 5.74) is 0. The Balaban J connectivity index is 3.32. The summed E-state index contributed by atoms with van der Waals surface area (Å²) in [5, 5.41) is 23.2. The second-order valence-corrected chi connectivity index (χ2v) is 23.2. The molecule has 0 heterocycles. The average molecular weight is 1040 g/mol. The van der Waals surface area contributed by atoms with Gasteiger partial charge in [-0.05, 0) is 57.8 Å². The second kappa shape index (κ2) is 63.9. The summed E-state index contributed by atoms with van der Waals surface area (Å²) >= 11 is 0. The number of nitrogens with one attached hydrogen (secondary N) is 1. The van der Waals surface area contributed by atoms with Crippen LogP contribution in [-0.2, 0) is 14.3 Å². The summed E-state index contributed by atoms with van der Waals surface area (Å²) in [4.78, 5) is 24.6. The van der Waals surface area contributed by atoms with Crippen molar-refractivity contribution in [1.29, 1.82) is 0 Å². The summed E-state index contributed by atoms with van der Waals surface area (Å²) in [6.07, 6.45) is 79.3. The Morgan fingerprint density at radius 2 is 0.676 bits per heavy atom. The van der Waals surface area contributed by atoms with E-state index in [0.29, 0.717) is 25.9 Å². The molecule has 0 fully saturated rings. The molecule has 0 aromatic heterocycles. The van der Waals surface area contributed by atoms with E-state index in [1.165, 1.54) is 289 Å². The number of carbonyl (C=O) groups excluding carboxylic acids is 2. The molecule has 6 nitrogen and oxygen atoms in total. The predicted octanol–water partition coefficient (Wildman–Crippen LogP) is 21.4. The van der Waals surface area contributed by atoms with Crippen LogP contribution in [0.5, 0.6) is 0 Å². The Hall–Kier alpha value is -1.66. The Morgan fingerprint density at radius 1 is 0.378 bits per heavy atom. The van der Waals surface area contributed by atoms with Crippen LogP contribution in [0, 0.1) is 0 Å². The maximum atomic E-state index is 12.5. The van der Waals surface area contributed by atoms with Gasteiger partial charge in [0.15, 0.2) is 0 Å². The minimum Gasteiger partial charge on any atom is -0.466 e. The summed E-state index contributed by atoms with van der Waals surface area (Å²) in [5.74, 6) is -0.0199. The lowest BCUT2D eigenvalue weighted by Gasteiger charge is -2.22. The number of hydrogen-bond acceptors (Lipinski definition) is 5. The average Bonchev–Trinajstić information content (AvgIpc) is 3.40. The molecule has 0 aromatic rings. The molecule has 1 amide bonds. The van der Waals surface area contributed by atoms with Gasteiger partial charge in [0, 0.05) is 12.8 Å². The lowest BCUT2D eigenvalue weighted by atomic mass is 10.0. The maximum absolute atomic E-state index is 12.5. The van der Waals surface area contributed by atoms with Gasteiger partial charge in [0.05, 0.1) is 25.4 Å².